The van der Waals surface area contributed by atoms with Crippen LogP contribution in [0.3, 0.4) is 0 Å². The van der Waals surface area contributed by atoms with Crippen LogP contribution in [0.1, 0.15) is 86.8 Å². The highest BCUT2D eigenvalue weighted by molar-refractivity contribution is 7.10. The fourth-order valence-corrected chi connectivity index (χ4v) is 5.85. The highest BCUT2D eigenvalue weighted by Gasteiger charge is 2.32. The molecule has 1 amide bonds. The molecule has 216 valence electrons. The van der Waals surface area contributed by atoms with Crippen molar-refractivity contribution in [3.8, 4) is 22.9 Å². The molecular formula is C30H36F3N3O3S. The Kier molecular flexibility index (Phi) is 8.23. The second-order valence-corrected chi connectivity index (χ2v) is 13.2. The Morgan fingerprint density at radius 2 is 1.68 bits per heavy atom. The molecule has 2 aromatic heterocycles. The van der Waals surface area contributed by atoms with Crippen LogP contribution in [0.4, 0.5) is 13.2 Å². The topological polar surface area (TPSA) is 75.6 Å². The fraction of sp³-hybridized carbons (Fsp3) is 0.500. The molecule has 1 aromatic carbocycles. The zero-order valence-electron chi connectivity index (χ0n) is 23.7. The molecule has 10 heteroatoms. The van der Waals surface area contributed by atoms with Crippen molar-refractivity contribution >= 4 is 17.2 Å². The quantitative estimate of drug-likeness (QED) is 0.342. The van der Waals surface area contributed by atoms with Gasteiger partial charge >= 0.3 is 6.18 Å². The maximum atomic E-state index is 13.1. The zero-order chi connectivity index (χ0) is 29.5. The van der Waals surface area contributed by atoms with Crippen molar-refractivity contribution in [3.05, 3.63) is 57.5 Å². The Labute approximate surface area is 237 Å². The summed E-state index contributed by atoms with van der Waals surface area (Å²) < 4.78 is 42.7. The lowest BCUT2D eigenvalue weighted by molar-refractivity contribution is -0.154. The lowest BCUT2D eigenvalue weighted by Crippen LogP contribution is -2.38. The monoisotopic (exact) mass is 575 g/mol. The van der Waals surface area contributed by atoms with E-state index in [0.717, 1.165) is 27.4 Å². The Hall–Kier alpha value is -3.14. The number of phenols is 1. The number of alkyl halides is 3. The number of ether oxygens (including phenoxy) is 1. The van der Waals surface area contributed by atoms with Crippen molar-refractivity contribution in [1.82, 2.24) is 14.9 Å². The van der Waals surface area contributed by atoms with Crippen molar-refractivity contribution in [1.29, 1.82) is 0 Å². The molecular weight excluding hydrogens is 539 g/mol. The van der Waals surface area contributed by atoms with Gasteiger partial charge in [0.1, 0.15) is 11.3 Å². The number of aromatic hydroxyl groups is 1. The highest BCUT2D eigenvalue weighted by Crippen LogP contribution is 2.43. The summed E-state index contributed by atoms with van der Waals surface area (Å²) in [6.07, 6.45) is -1.84. The van der Waals surface area contributed by atoms with Crippen LogP contribution in [0.2, 0.25) is 0 Å². The van der Waals surface area contributed by atoms with Gasteiger partial charge in [0.15, 0.2) is 6.61 Å². The molecule has 1 saturated heterocycles. The molecule has 1 N–H and O–H groups in total. The summed E-state index contributed by atoms with van der Waals surface area (Å²) in [5, 5.41) is 14.1. The number of aromatic nitrogens is 2. The molecule has 4 rings (SSSR count). The molecule has 0 spiro atoms. The van der Waals surface area contributed by atoms with E-state index in [1.807, 2.05) is 17.5 Å². The summed E-state index contributed by atoms with van der Waals surface area (Å²) in [5.74, 6) is -0.206. The molecule has 0 saturated carbocycles. The predicted octanol–water partition coefficient (Wildman–Crippen LogP) is 7.47. The van der Waals surface area contributed by atoms with Gasteiger partial charge < -0.3 is 14.7 Å². The Balaban J connectivity index is 1.49. The number of piperidine rings is 1. The van der Waals surface area contributed by atoms with E-state index in [-0.39, 0.29) is 28.2 Å². The first-order valence-corrected chi connectivity index (χ1v) is 14.2. The van der Waals surface area contributed by atoms with E-state index in [1.165, 1.54) is 18.3 Å². The van der Waals surface area contributed by atoms with E-state index in [1.54, 1.807) is 16.2 Å². The van der Waals surface area contributed by atoms with E-state index in [0.29, 0.717) is 31.7 Å². The SMILES string of the molecule is CC(C)(C)c1cc(-c2csc(C3CCN(C(=O)c4cccnc4OCC(F)(F)F)CC3)n2)cc(C(C)(C)C)c1O. The van der Waals surface area contributed by atoms with Crippen LogP contribution < -0.4 is 4.74 Å². The summed E-state index contributed by atoms with van der Waals surface area (Å²) in [6, 6.07) is 7.00. The van der Waals surface area contributed by atoms with Crippen LogP contribution in [-0.2, 0) is 10.8 Å². The molecule has 0 unspecified atom stereocenters. The van der Waals surface area contributed by atoms with E-state index in [2.05, 4.69) is 46.5 Å². The summed E-state index contributed by atoms with van der Waals surface area (Å²) in [7, 11) is 0. The van der Waals surface area contributed by atoms with Crippen LogP contribution in [0.15, 0.2) is 35.8 Å². The average Bonchev–Trinajstić information content (AvgIpc) is 3.36. The number of carbonyl (C=O) groups excluding carboxylic acids is 1. The first kappa shape index (κ1) is 29.8. The first-order valence-electron chi connectivity index (χ1n) is 13.3. The minimum atomic E-state index is -4.52. The third kappa shape index (κ3) is 6.77. The van der Waals surface area contributed by atoms with Gasteiger partial charge in [-0.1, -0.05) is 41.5 Å². The maximum absolute atomic E-state index is 13.1. The van der Waals surface area contributed by atoms with Crippen LogP contribution in [0.5, 0.6) is 11.6 Å². The molecule has 0 bridgehead atoms. The van der Waals surface area contributed by atoms with Gasteiger partial charge in [-0.25, -0.2) is 9.97 Å². The summed E-state index contributed by atoms with van der Waals surface area (Å²) >= 11 is 1.59. The molecule has 1 fully saturated rings. The fourth-order valence-electron chi connectivity index (χ4n) is 4.85. The molecule has 6 nitrogen and oxygen atoms in total. The van der Waals surface area contributed by atoms with E-state index >= 15 is 0 Å². The summed E-state index contributed by atoms with van der Waals surface area (Å²) in [4.78, 5) is 23.6. The molecule has 3 heterocycles. The number of hydrogen-bond donors (Lipinski definition) is 1. The standard InChI is InChI=1S/C30H36F3N3O3S/c1-28(2,3)21-14-19(15-22(24(21)37)29(4,5)6)23-16-40-26(35-23)18-9-12-36(13-10-18)27(38)20-8-7-11-34-25(20)39-17-30(31,32)33/h7-8,11,14-16,18,37H,9-10,12-13,17H2,1-6H3. The Morgan fingerprint density at radius 1 is 1.07 bits per heavy atom. The number of nitrogens with zero attached hydrogens (tertiary/aromatic N) is 3. The second-order valence-electron chi connectivity index (χ2n) is 12.3. The molecule has 0 atom stereocenters. The maximum Gasteiger partial charge on any atom is 0.422 e. The zero-order valence-corrected chi connectivity index (χ0v) is 24.5. The number of halogens is 3. The second kappa shape index (κ2) is 11.0. The lowest BCUT2D eigenvalue weighted by atomic mass is 9.78. The van der Waals surface area contributed by atoms with Gasteiger partial charge in [0.05, 0.1) is 10.7 Å². The van der Waals surface area contributed by atoms with Crippen molar-refractivity contribution in [3.63, 3.8) is 0 Å². The van der Waals surface area contributed by atoms with Gasteiger partial charge in [-0.15, -0.1) is 11.3 Å². The van der Waals surface area contributed by atoms with Crippen molar-refractivity contribution in [2.75, 3.05) is 19.7 Å². The molecule has 0 aliphatic carbocycles. The number of amides is 1. The Bertz CT molecular complexity index is 1330. The van der Waals surface area contributed by atoms with Gasteiger partial charge in [-0.2, -0.15) is 13.2 Å². The van der Waals surface area contributed by atoms with Crippen molar-refractivity contribution < 1.29 is 27.8 Å². The normalized spacial score (nSPS) is 15.4. The largest absolute Gasteiger partial charge is 0.507 e. The molecule has 0 radical (unpaired) electrons. The number of carbonyl (C=O) groups is 1. The molecule has 3 aromatic rings. The number of hydrogen-bond acceptors (Lipinski definition) is 6. The summed E-state index contributed by atoms with van der Waals surface area (Å²) in [6.45, 7) is 11.9. The number of pyridine rings is 1. The van der Waals surface area contributed by atoms with Crippen molar-refractivity contribution in [2.24, 2.45) is 0 Å². The summed E-state index contributed by atoms with van der Waals surface area (Å²) in [5.41, 5.74) is 3.12. The smallest absolute Gasteiger partial charge is 0.422 e. The van der Waals surface area contributed by atoms with Crippen molar-refractivity contribution in [2.45, 2.75) is 77.3 Å². The van der Waals surface area contributed by atoms with E-state index in [4.69, 9.17) is 9.72 Å². The molecule has 1 aliphatic heterocycles. The third-order valence-electron chi connectivity index (χ3n) is 7.05. The van der Waals surface area contributed by atoms with E-state index in [9.17, 15) is 23.1 Å². The van der Waals surface area contributed by atoms with Gasteiger partial charge in [0.2, 0.25) is 5.88 Å². The minimum absolute atomic E-state index is 0.0263. The Morgan fingerprint density at radius 3 is 2.23 bits per heavy atom. The van der Waals surface area contributed by atoms with Crippen LogP contribution in [-0.4, -0.2) is 51.8 Å². The lowest BCUT2D eigenvalue weighted by Gasteiger charge is -2.31. The minimum Gasteiger partial charge on any atom is -0.507 e. The molecule has 1 aliphatic rings. The van der Waals surface area contributed by atoms with E-state index < -0.39 is 18.7 Å². The number of thiazole rings is 1. The number of benzene rings is 1. The van der Waals surface area contributed by atoms with Gasteiger partial charge in [0, 0.05) is 47.3 Å². The third-order valence-corrected chi connectivity index (χ3v) is 8.06. The van der Waals surface area contributed by atoms with Crippen LogP contribution in [0, 0.1) is 0 Å². The molecule has 40 heavy (non-hydrogen) atoms. The van der Waals surface area contributed by atoms with Gasteiger partial charge in [-0.05, 0) is 47.9 Å². The van der Waals surface area contributed by atoms with Gasteiger partial charge in [0.25, 0.3) is 5.91 Å². The average molecular weight is 576 g/mol. The highest BCUT2D eigenvalue weighted by atomic mass is 32.1. The number of rotatable bonds is 5. The number of likely N-dealkylation sites (tertiary alicyclic amines) is 1. The van der Waals surface area contributed by atoms with Crippen LogP contribution in [0.25, 0.3) is 11.3 Å². The number of phenolic OH excluding ortho intramolecular Hbond substituents is 1. The first-order chi connectivity index (χ1) is 18.5. The predicted molar refractivity (Wildman–Crippen MR) is 150 cm³/mol. The van der Waals surface area contributed by atoms with Crippen LogP contribution >= 0.6 is 11.3 Å². The van der Waals surface area contributed by atoms with Gasteiger partial charge in [-0.3, -0.25) is 4.79 Å².